The van der Waals surface area contributed by atoms with Gasteiger partial charge in [-0.3, -0.25) is 10.2 Å². The second-order valence-corrected chi connectivity index (χ2v) is 12.6. The van der Waals surface area contributed by atoms with Crippen molar-refractivity contribution in [1.29, 1.82) is 0 Å². The number of rotatable bonds is 5. The lowest BCUT2D eigenvalue weighted by atomic mass is 10.1. The molecule has 7 nitrogen and oxygen atoms in total. The average molecular weight is 334 g/mol. The molecule has 22 heavy (non-hydrogen) atoms. The van der Waals surface area contributed by atoms with Crippen LogP contribution in [0.4, 0.5) is 4.79 Å². The molecule has 0 aliphatic carbocycles. The molecule has 0 saturated heterocycles. The van der Waals surface area contributed by atoms with E-state index in [2.05, 4.69) is 31.5 Å². The lowest BCUT2D eigenvalue weighted by Gasteiger charge is -2.38. The summed E-state index contributed by atoms with van der Waals surface area (Å²) in [6, 6.07) is 0. The van der Waals surface area contributed by atoms with Gasteiger partial charge in [0.2, 0.25) is 0 Å². The van der Waals surface area contributed by atoms with Gasteiger partial charge in [0.05, 0.1) is 0 Å². The molecule has 0 heterocycles. The summed E-state index contributed by atoms with van der Waals surface area (Å²) < 4.78 is 11.1. The maximum Gasteiger partial charge on any atom is 0.407 e. The number of amides is 2. The van der Waals surface area contributed by atoms with E-state index in [1.165, 1.54) is 0 Å². The van der Waals surface area contributed by atoms with E-state index >= 15 is 0 Å². The van der Waals surface area contributed by atoms with Crippen molar-refractivity contribution in [3.8, 4) is 0 Å². The molecule has 4 N–H and O–H groups in total. The number of hydrazine groups is 1. The molecule has 0 aromatic heterocycles. The highest BCUT2D eigenvalue weighted by Crippen LogP contribution is 2.37. The van der Waals surface area contributed by atoms with Gasteiger partial charge in [0, 0.05) is 5.54 Å². The number of ether oxygens (including phenoxy) is 1. The molecule has 1 atom stereocenters. The van der Waals surface area contributed by atoms with Gasteiger partial charge in [-0.05, 0) is 38.9 Å². The highest BCUT2D eigenvalue weighted by molar-refractivity contribution is 6.74. The fourth-order valence-electron chi connectivity index (χ4n) is 1.28. The molecule has 130 valence electrons. The SMILES string of the molecule is CC(C)(C)NC(=O)OC[C@H](O[Si](C)(C)C(C)(C)C)C(=O)NN. The third-order valence-corrected chi connectivity index (χ3v) is 8.01. The Kier molecular flexibility index (Phi) is 7.05. The molecule has 0 aromatic carbocycles. The molecule has 0 aliphatic rings. The summed E-state index contributed by atoms with van der Waals surface area (Å²) in [7, 11) is -2.19. The first-order chi connectivity index (χ1) is 9.69. The summed E-state index contributed by atoms with van der Waals surface area (Å²) in [5, 5.41) is 2.58. The van der Waals surface area contributed by atoms with E-state index in [9.17, 15) is 9.59 Å². The van der Waals surface area contributed by atoms with Crippen molar-refractivity contribution < 1.29 is 18.8 Å². The Hall–Kier alpha value is -1.12. The molecule has 0 aromatic rings. The van der Waals surface area contributed by atoms with E-state index in [1.54, 1.807) is 0 Å². The molecule has 8 heteroatoms. The predicted molar refractivity (Wildman–Crippen MR) is 88.6 cm³/mol. The smallest absolute Gasteiger partial charge is 0.407 e. The number of hydrogen-bond acceptors (Lipinski definition) is 5. The van der Waals surface area contributed by atoms with E-state index in [1.807, 2.05) is 33.9 Å². The molecule has 0 unspecified atom stereocenters. The lowest BCUT2D eigenvalue weighted by molar-refractivity contribution is -0.130. The first-order valence-corrected chi connectivity index (χ1v) is 10.2. The minimum atomic E-state index is -2.19. The van der Waals surface area contributed by atoms with Crippen LogP contribution in [-0.4, -0.2) is 38.6 Å². The molecule has 0 aliphatic heterocycles. The van der Waals surface area contributed by atoms with Gasteiger partial charge >= 0.3 is 6.09 Å². The number of nitrogens with two attached hydrogens (primary N) is 1. The minimum Gasteiger partial charge on any atom is -0.446 e. The van der Waals surface area contributed by atoms with Crippen LogP contribution in [0.15, 0.2) is 0 Å². The Labute approximate surface area is 134 Å². The van der Waals surface area contributed by atoms with Crippen molar-refractivity contribution in [1.82, 2.24) is 10.7 Å². The van der Waals surface area contributed by atoms with Crippen LogP contribution in [0.3, 0.4) is 0 Å². The zero-order valence-corrected chi connectivity index (χ0v) is 16.0. The molecule has 0 rings (SSSR count). The molecular weight excluding hydrogens is 302 g/mol. The largest absolute Gasteiger partial charge is 0.446 e. The summed E-state index contributed by atoms with van der Waals surface area (Å²) >= 11 is 0. The van der Waals surface area contributed by atoms with E-state index < -0.39 is 32.0 Å². The lowest BCUT2D eigenvalue weighted by Crippen LogP contribution is -2.52. The number of carbonyl (C=O) groups excluding carboxylic acids is 2. The third-order valence-electron chi connectivity index (χ3n) is 3.52. The van der Waals surface area contributed by atoms with Gasteiger partial charge in [-0.25, -0.2) is 10.6 Å². The van der Waals surface area contributed by atoms with Crippen molar-refractivity contribution in [3.63, 3.8) is 0 Å². The molecular formula is C14H31N3O4Si. The molecule has 0 spiro atoms. The zero-order valence-electron chi connectivity index (χ0n) is 15.0. The molecule has 0 saturated carbocycles. The normalized spacial score (nSPS) is 14.2. The second-order valence-electron chi connectivity index (χ2n) is 7.85. The first kappa shape index (κ1) is 20.9. The third kappa shape index (κ3) is 7.23. The number of hydrogen-bond donors (Lipinski definition) is 3. The summed E-state index contributed by atoms with van der Waals surface area (Å²) in [6.07, 6.45) is -1.52. The molecule has 0 radical (unpaired) electrons. The van der Waals surface area contributed by atoms with Crippen LogP contribution in [0.25, 0.3) is 0 Å². The quantitative estimate of drug-likeness (QED) is 0.308. The standard InChI is InChI=1S/C14H31N3O4Si/c1-13(2,3)16-12(19)20-9-10(11(18)17-15)21-22(7,8)14(4,5)6/h10H,9,15H2,1-8H3,(H,16,19)(H,17,18)/t10-/m0/s1. The number of carbonyl (C=O) groups is 2. The fourth-order valence-corrected chi connectivity index (χ4v) is 2.52. The van der Waals surface area contributed by atoms with Crippen molar-refractivity contribution in [3.05, 3.63) is 0 Å². The Morgan fingerprint density at radius 2 is 1.64 bits per heavy atom. The van der Waals surface area contributed by atoms with Gasteiger partial charge in [0.1, 0.15) is 6.61 Å². The summed E-state index contributed by atoms with van der Waals surface area (Å²) in [6.45, 7) is 15.5. The van der Waals surface area contributed by atoms with Crippen LogP contribution >= 0.6 is 0 Å². The first-order valence-electron chi connectivity index (χ1n) is 7.33. The van der Waals surface area contributed by atoms with Crippen LogP contribution < -0.4 is 16.6 Å². The van der Waals surface area contributed by atoms with E-state index in [0.29, 0.717) is 0 Å². The number of alkyl carbamates (subject to hydrolysis) is 1. The highest BCUT2D eigenvalue weighted by Gasteiger charge is 2.41. The van der Waals surface area contributed by atoms with Crippen molar-refractivity contribution in [2.75, 3.05) is 6.61 Å². The fraction of sp³-hybridized carbons (Fsp3) is 0.857. The van der Waals surface area contributed by atoms with Crippen molar-refractivity contribution in [2.45, 2.75) is 71.3 Å². The van der Waals surface area contributed by atoms with Gasteiger partial charge in [0.25, 0.3) is 5.91 Å². The second kappa shape index (κ2) is 7.43. The van der Waals surface area contributed by atoms with Crippen molar-refractivity contribution >= 4 is 20.3 Å². The maximum absolute atomic E-state index is 11.9. The van der Waals surface area contributed by atoms with Crippen LogP contribution in [-0.2, 0) is 14.0 Å². The molecule has 0 bridgehead atoms. The monoisotopic (exact) mass is 333 g/mol. The number of nitrogens with one attached hydrogen (secondary N) is 2. The Morgan fingerprint density at radius 3 is 2.00 bits per heavy atom. The van der Waals surface area contributed by atoms with Crippen LogP contribution in [0.5, 0.6) is 0 Å². The topological polar surface area (TPSA) is 103 Å². The van der Waals surface area contributed by atoms with Crippen LogP contribution in [0, 0.1) is 0 Å². The van der Waals surface area contributed by atoms with Gasteiger partial charge < -0.3 is 14.5 Å². The summed E-state index contributed by atoms with van der Waals surface area (Å²) in [5.41, 5.74) is 1.64. The minimum absolute atomic E-state index is 0.0756. The highest BCUT2D eigenvalue weighted by atomic mass is 28.4. The summed E-state index contributed by atoms with van der Waals surface area (Å²) in [4.78, 5) is 23.6. The average Bonchev–Trinajstić information content (AvgIpc) is 2.29. The zero-order chi connectivity index (χ0) is 17.8. The Balaban J connectivity index is 4.82. The molecule has 2 amide bonds. The maximum atomic E-state index is 11.9. The predicted octanol–water partition coefficient (Wildman–Crippen LogP) is 1.89. The van der Waals surface area contributed by atoms with Crippen molar-refractivity contribution in [2.24, 2.45) is 5.84 Å². The van der Waals surface area contributed by atoms with Gasteiger partial charge in [-0.15, -0.1) is 0 Å². The van der Waals surface area contributed by atoms with Gasteiger partial charge in [0.15, 0.2) is 14.4 Å². The van der Waals surface area contributed by atoms with Crippen LogP contribution in [0.1, 0.15) is 41.5 Å². The molecule has 0 fully saturated rings. The van der Waals surface area contributed by atoms with E-state index in [0.717, 1.165) is 0 Å². The summed E-state index contributed by atoms with van der Waals surface area (Å²) in [5.74, 6) is 4.68. The van der Waals surface area contributed by atoms with Crippen LogP contribution in [0.2, 0.25) is 18.1 Å². The van der Waals surface area contributed by atoms with Gasteiger partial charge in [-0.1, -0.05) is 20.8 Å². The Bertz CT molecular complexity index is 400. The van der Waals surface area contributed by atoms with Gasteiger partial charge in [-0.2, -0.15) is 0 Å². The van der Waals surface area contributed by atoms with E-state index in [-0.39, 0.29) is 11.6 Å². The van der Waals surface area contributed by atoms with E-state index in [4.69, 9.17) is 15.0 Å². The Morgan fingerprint density at radius 1 is 1.14 bits per heavy atom.